The molecule has 0 aliphatic carbocycles. The molecule has 0 amide bonds. The first kappa shape index (κ1) is 15.1. The van der Waals surface area contributed by atoms with Gasteiger partial charge in [0.05, 0.1) is 5.69 Å². The second-order valence-corrected chi connectivity index (χ2v) is 7.92. The highest BCUT2D eigenvalue weighted by Crippen LogP contribution is 2.27. The van der Waals surface area contributed by atoms with Gasteiger partial charge in [0.1, 0.15) is 5.01 Å². The molecule has 112 valence electrons. The fourth-order valence-electron chi connectivity index (χ4n) is 2.53. The van der Waals surface area contributed by atoms with Gasteiger partial charge in [0.25, 0.3) is 0 Å². The topological polar surface area (TPSA) is 24.9 Å². The van der Waals surface area contributed by atoms with E-state index in [1.807, 2.05) is 11.8 Å². The standard InChI is InChI=1S/C17H22N2S2/c1-12(2)9-20-11-17-19-16(10-21-17)14-3-4-15-8-18-6-5-13(15)7-14/h3-4,7,10,12,18H,5-6,8-9,11H2,1-2H3. The summed E-state index contributed by atoms with van der Waals surface area (Å²) in [5.74, 6) is 3.00. The number of benzene rings is 1. The molecule has 1 aromatic carbocycles. The molecule has 2 heterocycles. The molecule has 0 unspecified atom stereocenters. The molecule has 2 nitrogen and oxygen atoms in total. The average molecular weight is 319 g/mol. The minimum atomic E-state index is 0.753. The van der Waals surface area contributed by atoms with Gasteiger partial charge in [0.15, 0.2) is 0 Å². The number of thiazole rings is 1. The van der Waals surface area contributed by atoms with Crippen LogP contribution in [0.5, 0.6) is 0 Å². The lowest BCUT2D eigenvalue weighted by molar-refractivity contribution is 0.644. The van der Waals surface area contributed by atoms with Gasteiger partial charge in [-0.1, -0.05) is 26.0 Å². The lowest BCUT2D eigenvalue weighted by atomic mass is 9.98. The monoisotopic (exact) mass is 318 g/mol. The molecule has 0 radical (unpaired) electrons. The van der Waals surface area contributed by atoms with E-state index in [0.717, 1.165) is 36.9 Å². The van der Waals surface area contributed by atoms with Crippen LogP contribution in [0.3, 0.4) is 0 Å². The third-order valence-electron chi connectivity index (χ3n) is 3.62. The van der Waals surface area contributed by atoms with E-state index in [2.05, 4.69) is 42.7 Å². The van der Waals surface area contributed by atoms with Crippen molar-refractivity contribution in [3.63, 3.8) is 0 Å². The third kappa shape index (κ3) is 3.87. The molecule has 1 N–H and O–H groups in total. The van der Waals surface area contributed by atoms with Gasteiger partial charge in [-0.2, -0.15) is 11.8 Å². The first-order chi connectivity index (χ1) is 10.2. The van der Waals surface area contributed by atoms with Crippen molar-refractivity contribution >= 4 is 23.1 Å². The summed E-state index contributed by atoms with van der Waals surface area (Å²) in [6.45, 7) is 6.62. The maximum absolute atomic E-state index is 4.81. The first-order valence-corrected chi connectivity index (χ1v) is 9.61. The van der Waals surface area contributed by atoms with E-state index in [-0.39, 0.29) is 0 Å². The molecule has 0 bridgehead atoms. The molecule has 4 heteroatoms. The molecule has 1 aliphatic rings. The van der Waals surface area contributed by atoms with E-state index in [9.17, 15) is 0 Å². The SMILES string of the molecule is CC(C)CSCc1nc(-c2ccc3c(c2)CCNC3)cs1. The zero-order valence-electron chi connectivity index (χ0n) is 12.7. The molecule has 0 fully saturated rings. The van der Waals surface area contributed by atoms with Crippen LogP contribution in [0.15, 0.2) is 23.6 Å². The Morgan fingerprint density at radius 2 is 2.24 bits per heavy atom. The Bertz CT molecular complexity index is 605. The maximum Gasteiger partial charge on any atom is 0.103 e. The molecule has 0 spiro atoms. The van der Waals surface area contributed by atoms with E-state index in [0.29, 0.717) is 0 Å². The quantitative estimate of drug-likeness (QED) is 0.887. The molecule has 1 aliphatic heterocycles. The summed E-state index contributed by atoms with van der Waals surface area (Å²) in [4.78, 5) is 4.81. The molecular weight excluding hydrogens is 296 g/mol. The number of aromatic nitrogens is 1. The number of nitrogens with one attached hydrogen (secondary N) is 1. The van der Waals surface area contributed by atoms with Crippen molar-refractivity contribution in [3.05, 3.63) is 39.7 Å². The van der Waals surface area contributed by atoms with Crippen LogP contribution in [-0.4, -0.2) is 17.3 Å². The number of nitrogens with zero attached hydrogens (tertiary/aromatic N) is 1. The molecule has 0 atom stereocenters. The first-order valence-electron chi connectivity index (χ1n) is 7.57. The highest BCUT2D eigenvalue weighted by molar-refractivity contribution is 7.98. The zero-order valence-corrected chi connectivity index (χ0v) is 14.3. The largest absolute Gasteiger partial charge is 0.312 e. The van der Waals surface area contributed by atoms with Crippen LogP contribution in [0.4, 0.5) is 0 Å². The number of fused-ring (bicyclic) bond motifs is 1. The third-order valence-corrected chi connectivity index (χ3v) is 6.03. The van der Waals surface area contributed by atoms with Crippen LogP contribution in [-0.2, 0) is 18.7 Å². The summed E-state index contributed by atoms with van der Waals surface area (Å²) >= 11 is 3.77. The average Bonchev–Trinajstić information content (AvgIpc) is 2.95. The van der Waals surface area contributed by atoms with Crippen molar-refractivity contribution in [1.29, 1.82) is 0 Å². The van der Waals surface area contributed by atoms with Crippen molar-refractivity contribution in [1.82, 2.24) is 10.3 Å². The van der Waals surface area contributed by atoms with E-state index in [4.69, 9.17) is 4.98 Å². The van der Waals surface area contributed by atoms with Gasteiger partial charge in [0, 0.05) is 23.2 Å². The van der Waals surface area contributed by atoms with E-state index in [1.54, 1.807) is 11.3 Å². The van der Waals surface area contributed by atoms with Crippen molar-refractivity contribution in [2.24, 2.45) is 5.92 Å². The Hall–Kier alpha value is -0.840. The summed E-state index contributed by atoms with van der Waals surface area (Å²) in [6.07, 6.45) is 1.13. The molecule has 21 heavy (non-hydrogen) atoms. The molecular formula is C17H22N2S2. The smallest absolute Gasteiger partial charge is 0.103 e. The van der Waals surface area contributed by atoms with E-state index in [1.165, 1.54) is 27.5 Å². The Morgan fingerprint density at radius 1 is 1.33 bits per heavy atom. The second-order valence-electron chi connectivity index (χ2n) is 5.95. The fourth-order valence-corrected chi connectivity index (χ4v) is 4.47. The van der Waals surface area contributed by atoms with Gasteiger partial charge < -0.3 is 5.32 Å². The summed E-state index contributed by atoms with van der Waals surface area (Å²) in [7, 11) is 0. The lowest BCUT2D eigenvalue weighted by Crippen LogP contribution is -2.23. The van der Waals surface area contributed by atoms with Crippen LogP contribution in [0, 0.1) is 5.92 Å². The fraction of sp³-hybridized carbons (Fsp3) is 0.471. The van der Waals surface area contributed by atoms with Gasteiger partial charge in [-0.25, -0.2) is 4.98 Å². The Kier molecular flexibility index (Phi) is 4.99. The predicted octanol–water partition coefficient (Wildman–Crippen LogP) is 4.35. The summed E-state index contributed by atoms with van der Waals surface area (Å²) in [5.41, 5.74) is 5.33. The summed E-state index contributed by atoms with van der Waals surface area (Å²) in [6, 6.07) is 6.80. The van der Waals surface area contributed by atoms with Gasteiger partial charge >= 0.3 is 0 Å². The van der Waals surface area contributed by atoms with Crippen molar-refractivity contribution in [2.45, 2.75) is 32.6 Å². The molecule has 0 saturated heterocycles. The number of thioether (sulfide) groups is 1. The Balaban J connectivity index is 1.71. The molecule has 3 rings (SSSR count). The van der Waals surface area contributed by atoms with Gasteiger partial charge in [-0.3, -0.25) is 0 Å². The number of rotatable bonds is 5. The number of hydrogen-bond donors (Lipinski definition) is 1. The van der Waals surface area contributed by atoms with Crippen molar-refractivity contribution in [3.8, 4) is 11.3 Å². The Labute approximate surface area is 135 Å². The second kappa shape index (κ2) is 6.95. The predicted molar refractivity (Wildman–Crippen MR) is 94.0 cm³/mol. The summed E-state index contributed by atoms with van der Waals surface area (Å²) < 4.78 is 0. The van der Waals surface area contributed by atoms with Crippen LogP contribution in [0.25, 0.3) is 11.3 Å². The normalized spacial score (nSPS) is 14.4. The maximum atomic E-state index is 4.81. The van der Waals surface area contributed by atoms with Crippen LogP contribution < -0.4 is 5.32 Å². The lowest BCUT2D eigenvalue weighted by Gasteiger charge is -2.17. The van der Waals surface area contributed by atoms with Gasteiger partial charge in [0.2, 0.25) is 0 Å². The molecule has 1 aromatic heterocycles. The highest BCUT2D eigenvalue weighted by atomic mass is 32.2. The minimum Gasteiger partial charge on any atom is -0.312 e. The van der Waals surface area contributed by atoms with E-state index < -0.39 is 0 Å². The minimum absolute atomic E-state index is 0.753. The number of hydrogen-bond acceptors (Lipinski definition) is 4. The van der Waals surface area contributed by atoms with Crippen LogP contribution in [0.1, 0.15) is 30.0 Å². The van der Waals surface area contributed by atoms with Gasteiger partial charge in [-0.05, 0) is 41.8 Å². The van der Waals surface area contributed by atoms with Crippen molar-refractivity contribution < 1.29 is 0 Å². The van der Waals surface area contributed by atoms with Crippen LogP contribution >= 0.6 is 23.1 Å². The van der Waals surface area contributed by atoms with E-state index >= 15 is 0 Å². The van der Waals surface area contributed by atoms with Gasteiger partial charge in [-0.15, -0.1) is 11.3 Å². The molecule has 2 aromatic rings. The van der Waals surface area contributed by atoms with Crippen molar-refractivity contribution in [2.75, 3.05) is 12.3 Å². The highest BCUT2D eigenvalue weighted by Gasteiger charge is 2.11. The zero-order chi connectivity index (χ0) is 14.7. The van der Waals surface area contributed by atoms with Crippen LogP contribution in [0.2, 0.25) is 0 Å². The molecule has 0 saturated carbocycles. The summed E-state index contributed by atoms with van der Waals surface area (Å²) in [5, 5.41) is 6.87. The Morgan fingerprint density at radius 3 is 3.10 bits per heavy atom.